The van der Waals surface area contributed by atoms with Crippen LogP contribution in [0.1, 0.15) is 60.8 Å². The number of nitrogens with zero attached hydrogens (tertiary/aromatic N) is 3. The van der Waals surface area contributed by atoms with Crippen molar-refractivity contribution in [1.82, 2.24) is 5.32 Å². The summed E-state index contributed by atoms with van der Waals surface area (Å²) >= 11 is 0. The Morgan fingerprint density at radius 3 is 2.21 bits per heavy atom. The first-order valence-electron chi connectivity index (χ1n) is 20.9. The number of hydrogen-bond acceptors (Lipinski definition) is 5. The summed E-state index contributed by atoms with van der Waals surface area (Å²) in [4.78, 5) is 10.7. The van der Waals surface area contributed by atoms with Gasteiger partial charge in [0.15, 0.2) is 0 Å². The highest BCUT2D eigenvalue weighted by Gasteiger charge is 2.60. The van der Waals surface area contributed by atoms with Gasteiger partial charge in [0, 0.05) is 34.3 Å². The fraction of sp³-hybridized carbons (Fsp3) is 0.226. The van der Waals surface area contributed by atoms with Gasteiger partial charge in [-0.05, 0) is 113 Å². The molecule has 5 aromatic rings. The lowest BCUT2D eigenvalue weighted by Crippen LogP contribution is -2.53. The average molecular weight is 753 g/mol. The second kappa shape index (κ2) is 14.1. The standard InChI is InChI=1S/C53H44N4O/c54-33-34-19-21-35(22-20-34)36-23-25-37(26-24-36)40-27-29-43-42-15-7-8-16-44(42)53(46(43)31-40)45-17-9-10-18-48(45)58-49-30-28-41(32-47(49)53)52-56-50(38-11-3-1-4-12-38)55-51(57-52)39-13-5-2-6-14-39/h1-5,7-8,11-12,15-16,18-32,39,45,47,49,51H,6,9-10,13-14,17H2,(H,55,56,57). The summed E-state index contributed by atoms with van der Waals surface area (Å²) in [6.07, 6.45) is 20.2. The zero-order valence-electron chi connectivity index (χ0n) is 32.4. The van der Waals surface area contributed by atoms with E-state index in [4.69, 9.17) is 14.7 Å². The van der Waals surface area contributed by atoms with Gasteiger partial charge in [-0.3, -0.25) is 0 Å². The van der Waals surface area contributed by atoms with E-state index in [1.807, 2.05) is 24.3 Å². The SMILES string of the molecule is N#Cc1ccc(-c2ccc(-c3ccc4c(c3)C3(c5ccccc5-4)C4CCCC=C4OC4C=CC(C5=NC(C6CC=CCC6)N=C(c6ccccc6)N5)=CC43)cc2)cc1. The minimum Gasteiger partial charge on any atom is -0.490 e. The molecule has 11 rings (SSSR count). The Morgan fingerprint density at radius 2 is 1.41 bits per heavy atom. The molecule has 5 aromatic carbocycles. The van der Waals surface area contributed by atoms with Gasteiger partial charge in [0.25, 0.3) is 0 Å². The third-order valence-corrected chi connectivity index (χ3v) is 13.4. The summed E-state index contributed by atoms with van der Waals surface area (Å²) in [6.45, 7) is 0. The van der Waals surface area contributed by atoms with E-state index in [0.29, 0.717) is 11.5 Å². The molecule has 5 heteroatoms. The van der Waals surface area contributed by atoms with Gasteiger partial charge in [0.2, 0.25) is 0 Å². The van der Waals surface area contributed by atoms with Crippen molar-refractivity contribution in [1.29, 1.82) is 5.26 Å². The molecule has 1 saturated heterocycles. The fourth-order valence-electron chi connectivity index (χ4n) is 10.7. The lowest BCUT2D eigenvalue weighted by Gasteiger charge is -2.53. The zero-order valence-corrected chi connectivity index (χ0v) is 32.4. The minimum atomic E-state index is -0.339. The Morgan fingerprint density at radius 1 is 0.690 bits per heavy atom. The molecule has 0 saturated carbocycles. The second-order valence-corrected chi connectivity index (χ2v) is 16.5. The normalized spacial score (nSPS) is 26.3. The molecule has 1 fully saturated rings. The van der Waals surface area contributed by atoms with Crippen molar-refractivity contribution in [3.8, 4) is 39.4 Å². The van der Waals surface area contributed by atoms with Crippen molar-refractivity contribution < 1.29 is 4.74 Å². The zero-order chi connectivity index (χ0) is 38.6. The quantitative estimate of drug-likeness (QED) is 0.182. The van der Waals surface area contributed by atoms with Crippen LogP contribution in [0, 0.1) is 29.1 Å². The van der Waals surface area contributed by atoms with Crippen molar-refractivity contribution in [2.45, 2.75) is 56.2 Å². The number of allylic oxidation sites excluding steroid dienone is 4. The Kier molecular flexibility index (Phi) is 8.47. The Labute approximate surface area is 340 Å². The summed E-state index contributed by atoms with van der Waals surface area (Å²) in [5.41, 5.74) is 12.6. The lowest BCUT2D eigenvalue weighted by atomic mass is 9.54. The largest absolute Gasteiger partial charge is 0.490 e. The number of nitrogens with one attached hydrogen (secondary N) is 1. The van der Waals surface area contributed by atoms with Crippen LogP contribution in [0.15, 0.2) is 179 Å². The third-order valence-electron chi connectivity index (χ3n) is 13.4. The molecule has 6 unspecified atom stereocenters. The van der Waals surface area contributed by atoms with Gasteiger partial charge in [-0.2, -0.15) is 5.26 Å². The van der Waals surface area contributed by atoms with Crippen LogP contribution >= 0.6 is 0 Å². The Bertz CT molecular complexity index is 2660. The minimum absolute atomic E-state index is 0.0313. The van der Waals surface area contributed by atoms with Crippen LogP contribution in [0.5, 0.6) is 0 Å². The molecule has 2 heterocycles. The number of hydrogen-bond donors (Lipinski definition) is 1. The molecule has 1 spiro atoms. The van der Waals surface area contributed by atoms with E-state index in [-0.39, 0.29) is 29.5 Å². The fourth-order valence-corrected chi connectivity index (χ4v) is 10.7. The van der Waals surface area contributed by atoms with Crippen LogP contribution in [-0.2, 0) is 10.2 Å². The Hall–Kier alpha value is -6.51. The molecular formula is C53H44N4O. The lowest BCUT2D eigenvalue weighted by molar-refractivity contribution is -0.00830. The van der Waals surface area contributed by atoms with Crippen molar-refractivity contribution in [2.24, 2.45) is 27.7 Å². The monoisotopic (exact) mass is 752 g/mol. The van der Waals surface area contributed by atoms with Gasteiger partial charge in [-0.15, -0.1) is 0 Å². The molecule has 6 aliphatic rings. The van der Waals surface area contributed by atoms with Crippen LogP contribution in [0.3, 0.4) is 0 Å². The number of nitriles is 1. The molecule has 282 valence electrons. The first-order valence-corrected chi connectivity index (χ1v) is 20.9. The second-order valence-electron chi connectivity index (χ2n) is 16.5. The predicted molar refractivity (Wildman–Crippen MR) is 233 cm³/mol. The van der Waals surface area contributed by atoms with Crippen molar-refractivity contribution in [3.05, 3.63) is 191 Å². The highest BCUT2D eigenvalue weighted by molar-refractivity contribution is 6.16. The molecule has 0 radical (unpaired) electrons. The first-order chi connectivity index (χ1) is 28.7. The van der Waals surface area contributed by atoms with Crippen LogP contribution in [0.25, 0.3) is 33.4 Å². The molecule has 6 atom stereocenters. The average Bonchev–Trinajstić information content (AvgIpc) is 3.59. The third kappa shape index (κ3) is 5.65. The number of amidine groups is 2. The highest BCUT2D eigenvalue weighted by Crippen LogP contribution is 2.64. The molecule has 58 heavy (non-hydrogen) atoms. The van der Waals surface area contributed by atoms with Crippen LogP contribution in [0.4, 0.5) is 0 Å². The van der Waals surface area contributed by atoms with Crippen LogP contribution < -0.4 is 5.32 Å². The molecule has 0 aromatic heterocycles. The maximum absolute atomic E-state index is 9.30. The van der Waals surface area contributed by atoms with Crippen LogP contribution in [-0.4, -0.2) is 23.9 Å². The molecule has 2 aliphatic heterocycles. The number of rotatable bonds is 5. The van der Waals surface area contributed by atoms with Crippen LogP contribution in [0.2, 0.25) is 0 Å². The summed E-state index contributed by atoms with van der Waals surface area (Å²) < 4.78 is 7.06. The van der Waals surface area contributed by atoms with Crippen molar-refractivity contribution in [2.75, 3.05) is 0 Å². The molecule has 0 amide bonds. The van der Waals surface area contributed by atoms with Gasteiger partial charge in [-0.25, -0.2) is 9.98 Å². The summed E-state index contributed by atoms with van der Waals surface area (Å²) in [5.74, 6) is 3.53. The molecule has 1 N–H and O–H groups in total. The van der Waals surface area contributed by atoms with E-state index in [2.05, 4.69) is 145 Å². The smallest absolute Gasteiger partial charge is 0.147 e. The van der Waals surface area contributed by atoms with Gasteiger partial charge in [0.1, 0.15) is 23.9 Å². The molecular weight excluding hydrogens is 709 g/mol. The maximum Gasteiger partial charge on any atom is 0.147 e. The predicted octanol–water partition coefficient (Wildman–Crippen LogP) is 11.5. The van der Waals surface area contributed by atoms with Gasteiger partial charge in [-0.1, -0.05) is 127 Å². The van der Waals surface area contributed by atoms with Gasteiger partial charge >= 0.3 is 0 Å². The summed E-state index contributed by atoms with van der Waals surface area (Å²) in [7, 11) is 0. The summed E-state index contributed by atoms with van der Waals surface area (Å²) in [5, 5.41) is 13.0. The number of aliphatic imine (C=N–C) groups is 2. The van der Waals surface area contributed by atoms with E-state index in [9.17, 15) is 5.26 Å². The van der Waals surface area contributed by atoms with E-state index >= 15 is 0 Å². The van der Waals surface area contributed by atoms with E-state index in [1.54, 1.807) is 0 Å². The van der Waals surface area contributed by atoms with Crippen molar-refractivity contribution >= 4 is 11.7 Å². The number of ether oxygens (including phenoxy) is 1. The topological polar surface area (TPSA) is 69.8 Å². The highest BCUT2D eigenvalue weighted by atomic mass is 16.5. The molecule has 4 aliphatic carbocycles. The maximum atomic E-state index is 9.30. The van der Waals surface area contributed by atoms with Gasteiger partial charge in [0.05, 0.1) is 17.4 Å². The number of fused-ring (bicyclic) bond motifs is 9. The van der Waals surface area contributed by atoms with E-state index < -0.39 is 0 Å². The van der Waals surface area contributed by atoms with Crippen molar-refractivity contribution in [3.63, 3.8) is 0 Å². The summed E-state index contributed by atoms with van der Waals surface area (Å²) in [6, 6.07) is 45.7. The van der Waals surface area contributed by atoms with E-state index in [0.717, 1.165) is 78.2 Å². The molecule has 5 nitrogen and oxygen atoms in total. The number of benzene rings is 5. The molecule has 0 bridgehead atoms. The first kappa shape index (κ1) is 34.7. The van der Waals surface area contributed by atoms with Gasteiger partial charge < -0.3 is 10.1 Å². The van der Waals surface area contributed by atoms with E-state index in [1.165, 1.54) is 33.4 Å². The Balaban J connectivity index is 1.04.